The zero-order valence-corrected chi connectivity index (χ0v) is 9.09. The predicted octanol–water partition coefficient (Wildman–Crippen LogP) is 2.46. The van der Waals surface area contributed by atoms with Gasteiger partial charge in [-0.3, -0.25) is 0 Å². The molecule has 1 N–H and O–H groups in total. The standard InChI is InChI=1S/C12H21NO/c1-2-7-13-12(10-5-6-10)11-4-3-8-14-9-11/h9-10,12-13H,2-8H2,1H3. The molecule has 1 unspecified atom stereocenters. The van der Waals surface area contributed by atoms with Crippen molar-refractivity contribution >= 4 is 0 Å². The lowest BCUT2D eigenvalue weighted by Gasteiger charge is -2.24. The summed E-state index contributed by atoms with van der Waals surface area (Å²) in [6, 6.07) is 0.621. The minimum Gasteiger partial charge on any atom is -0.501 e. The first-order valence-corrected chi connectivity index (χ1v) is 5.95. The van der Waals surface area contributed by atoms with E-state index in [1.807, 2.05) is 6.26 Å². The van der Waals surface area contributed by atoms with Crippen molar-refractivity contribution in [3.8, 4) is 0 Å². The van der Waals surface area contributed by atoms with Crippen LogP contribution in [0.2, 0.25) is 0 Å². The molecule has 2 aliphatic rings. The Labute approximate surface area is 86.7 Å². The minimum atomic E-state index is 0.621. The second-order valence-corrected chi connectivity index (χ2v) is 4.44. The highest BCUT2D eigenvalue weighted by Crippen LogP contribution is 2.37. The Bertz CT molecular complexity index is 208. The summed E-state index contributed by atoms with van der Waals surface area (Å²) >= 11 is 0. The lowest BCUT2D eigenvalue weighted by Crippen LogP contribution is -2.34. The van der Waals surface area contributed by atoms with Crippen molar-refractivity contribution in [1.82, 2.24) is 5.32 Å². The first-order valence-electron chi connectivity index (χ1n) is 5.95. The summed E-state index contributed by atoms with van der Waals surface area (Å²) in [5.41, 5.74) is 1.51. The number of nitrogens with one attached hydrogen (secondary N) is 1. The fourth-order valence-corrected chi connectivity index (χ4v) is 2.14. The van der Waals surface area contributed by atoms with E-state index >= 15 is 0 Å². The molecule has 0 saturated heterocycles. The summed E-state index contributed by atoms with van der Waals surface area (Å²) in [6.45, 7) is 4.27. The molecule has 2 nitrogen and oxygen atoms in total. The maximum atomic E-state index is 5.42. The average molecular weight is 195 g/mol. The van der Waals surface area contributed by atoms with Gasteiger partial charge >= 0.3 is 0 Å². The summed E-state index contributed by atoms with van der Waals surface area (Å²) in [6.07, 6.45) is 8.46. The van der Waals surface area contributed by atoms with Crippen LogP contribution in [0.5, 0.6) is 0 Å². The van der Waals surface area contributed by atoms with E-state index in [2.05, 4.69) is 12.2 Å². The normalized spacial score (nSPS) is 23.9. The van der Waals surface area contributed by atoms with Crippen LogP contribution in [0.1, 0.15) is 39.0 Å². The Morgan fingerprint density at radius 3 is 3.00 bits per heavy atom. The van der Waals surface area contributed by atoms with Crippen molar-refractivity contribution < 1.29 is 4.74 Å². The summed E-state index contributed by atoms with van der Waals surface area (Å²) in [5.74, 6) is 0.898. The molecule has 14 heavy (non-hydrogen) atoms. The van der Waals surface area contributed by atoms with Crippen molar-refractivity contribution in [1.29, 1.82) is 0 Å². The van der Waals surface area contributed by atoms with E-state index in [0.717, 1.165) is 19.1 Å². The van der Waals surface area contributed by atoms with Crippen LogP contribution in [-0.4, -0.2) is 19.2 Å². The lowest BCUT2D eigenvalue weighted by molar-refractivity contribution is 0.218. The fourth-order valence-electron chi connectivity index (χ4n) is 2.14. The lowest BCUT2D eigenvalue weighted by atomic mass is 9.98. The Kier molecular flexibility index (Phi) is 3.46. The van der Waals surface area contributed by atoms with Gasteiger partial charge in [-0.15, -0.1) is 0 Å². The number of hydrogen-bond acceptors (Lipinski definition) is 2. The van der Waals surface area contributed by atoms with Crippen LogP contribution in [0.3, 0.4) is 0 Å². The van der Waals surface area contributed by atoms with Gasteiger partial charge in [0.15, 0.2) is 0 Å². The van der Waals surface area contributed by atoms with Gasteiger partial charge in [-0.05, 0) is 50.1 Å². The van der Waals surface area contributed by atoms with Gasteiger partial charge in [0.1, 0.15) is 0 Å². The molecule has 0 aromatic rings. The van der Waals surface area contributed by atoms with Crippen LogP contribution >= 0.6 is 0 Å². The van der Waals surface area contributed by atoms with Gasteiger partial charge in [-0.1, -0.05) is 6.92 Å². The van der Waals surface area contributed by atoms with E-state index in [4.69, 9.17) is 4.74 Å². The van der Waals surface area contributed by atoms with Crippen molar-refractivity contribution in [2.24, 2.45) is 5.92 Å². The molecule has 0 aromatic heterocycles. The van der Waals surface area contributed by atoms with Crippen LogP contribution in [0.4, 0.5) is 0 Å². The van der Waals surface area contributed by atoms with Crippen LogP contribution in [0, 0.1) is 5.92 Å². The highest BCUT2D eigenvalue weighted by Gasteiger charge is 2.33. The zero-order chi connectivity index (χ0) is 9.80. The maximum absolute atomic E-state index is 5.42. The van der Waals surface area contributed by atoms with Crippen LogP contribution in [0.25, 0.3) is 0 Å². The Morgan fingerprint density at radius 2 is 2.43 bits per heavy atom. The van der Waals surface area contributed by atoms with Crippen molar-refractivity contribution in [3.05, 3.63) is 11.8 Å². The molecule has 1 heterocycles. The third kappa shape index (κ3) is 2.50. The molecule has 2 heteroatoms. The van der Waals surface area contributed by atoms with Gasteiger partial charge in [0.2, 0.25) is 0 Å². The van der Waals surface area contributed by atoms with E-state index in [9.17, 15) is 0 Å². The quantitative estimate of drug-likeness (QED) is 0.727. The van der Waals surface area contributed by atoms with Gasteiger partial charge in [-0.2, -0.15) is 0 Å². The van der Waals surface area contributed by atoms with E-state index in [-0.39, 0.29) is 0 Å². The molecule has 0 spiro atoms. The van der Waals surface area contributed by atoms with Crippen LogP contribution < -0.4 is 5.32 Å². The number of ether oxygens (including phenoxy) is 1. The van der Waals surface area contributed by atoms with Crippen molar-refractivity contribution in [3.63, 3.8) is 0 Å². The molecule has 1 aliphatic carbocycles. The Morgan fingerprint density at radius 1 is 1.57 bits per heavy atom. The fraction of sp³-hybridized carbons (Fsp3) is 0.833. The zero-order valence-electron chi connectivity index (χ0n) is 9.09. The predicted molar refractivity (Wildman–Crippen MR) is 58.1 cm³/mol. The molecule has 1 atom stereocenters. The van der Waals surface area contributed by atoms with E-state index in [0.29, 0.717) is 6.04 Å². The molecule has 80 valence electrons. The smallest absolute Gasteiger partial charge is 0.0876 e. The topological polar surface area (TPSA) is 21.3 Å². The second kappa shape index (κ2) is 4.83. The molecule has 2 rings (SSSR count). The molecule has 0 bridgehead atoms. The monoisotopic (exact) mass is 195 g/mol. The molecule has 0 radical (unpaired) electrons. The molecule has 1 fully saturated rings. The molecule has 1 aliphatic heterocycles. The third-order valence-corrected chi connectivity index (χ3v) is 3.07. The van der Waals surface area contributed by atoms with Crippen LogP contribution in [0.15, 0.2) is 11.8 Å². The van der Waals surface area contributed by atoms with E-state index in [1.54, 1.807) is 0 Å². The number of rotatable bonds is 5. The van der Waals surface area contributed by atoms with Gasteiger partial charge in [0, 0.05) is 6.04 Å². The van der Waals surface area contributed by atoms with Crippen LogP contribution in [-0.2, 0) is 4.74 Å². The van der Waals surface area contributed by atoms with Crippen molar-refractivity contribution in [2.75, 3.05) is 13.2 Å². The summed E-state index contributed by atoms with van der Waals surface area (Å²) in [7, 11) is 0. The summed E-state index contributed by atoms with van der Waals surface area (Å²) in [5, 5.41) is 3.65. The largest absolute Gasteiger partial charge is 0.501 e. The summed E-state index contributed by atoms with van der Waals surface area (Å²) in [4.78, 5) is 0. The Balaban J connectivity index is 1.90. The first-order chi connectivity index (χ1) is 6.92. The molecule has 0 amide bonds. The molecule has 1 saturated carbocycles. The maximum Gasteiger partial charge on any atom is 0.0876 e. The highest BCUT2D eigenvalue weighted by molar-refractivity contribution is 5.14. The van der Waals surface area contributed by atoms with E-state index < -0.39 is 0 Å². The molecule has 0 aromatic carbocycles. The second-order valence-electron chi connectivity index (χ2n) is 4.44. The van der Waals surface area contributed by atoms with Gasteiger partial charge in [0.25, 0.3) is 0 Å². The van der Waals surface area contributed by atoms with Crippen molar-refractivity contribution in [2.45, 2.75) is 45.1 Å². The first kappa shape index (κ1) is 10.0. The Hall–Kier alpha value is -0.500. The van der Waals surface area contributed by atoms with Gasteiger partial charge in [0.05, 0.1) is 12.9 Å². The molecular weight excluding hydrogens is 174 g/mol. The van der Waals surface area contributed by atoms with Gasteiger partial charge in [-0.25, -0.2) is 0 Å². The minimum absolute atomic E-state index is 0.621. The van der Waals surface area contributed by atoms with Gasteiger partial charge < -0.3 is 10.1 Å². The average Bonchev–Trinajstić information content (AvgIpc) is 3.04. The third-order valence-electron chi connectivity index (χ3n) is 3.07. The highest BCUT2D eigenvalue weighted by atomic mass is 16.5. The SMILES string of the molecule is CCCNC(C1=COCCC1)C1CC1. The molecular formula is C12H21NO. The van der Waals surface area contributed by atoms with E-state index in [1.165, 1.54) is 37.7 Å². The summed E-state index contributed by atoms with van der Waals surface area (Å²) < 4.78 is 5.42. The number of hydrogen-bond donors (Lipinski definition) is 1.